The van der Waals surface area contributed by atoms with Crippen molar-refractivity contribution in [2.45, 2.75) is 0 Å². The molecule has 0 amide bonds. The van der Waals surface area contributed by atoms with E-state index in [1.807, 2.05) is 24.3 Å². The molecule has 4 rings (SSSR count). The van der Waals surface area contributed by atoms with E-state index in [-0.39, 0.29) is 11.3 Å². The second-order valence-corrected chi connectivity index (χ2v) is 7.24. The van der Waals surface area contributed by atoms with Gasteiger partial charge in [0.05, 0.1) is 0 Å². The fourth-order valence-corrected chi connectivity index (χ4v) is 3.84. The number of halogens is 2. The summed E-state index contributed by atoms with van der Waals surface area (Å²) in [6.45, 7) is 11.3. The van der Waals surface area contributed by atoms with E-state index in [2.05, 4.69) is 19.7 Å². The summed E-state index contributed by atoms with van der Waals surface area (Å²) in [5, 5.41) is 12.1. The fraction of sp³-hybridized carbons (Fsp3) is 0. The molecule has 0 spiro atoms. The van der Waals surface area contributed by atoms with Gasteiger partial charge in [-0.25, -0.2) is 8.78 Å². The Labute approximate surface area is 179 Å². The molecule has 0 fully saturated rings. The molecule has 0 aliphatic carbocycles. The van der Waals surface area contributed by atoms with Crippen molar-refractivity contribution in [3.63, 3.8) is 0 Å². The monoisotopic (exact) mass is 410 g/mol. The summed E-state index contributed by atoms with van der Waals surface area (Å²) in [5.41, 5.74) is 3.99. The molecule has 3 heteroatoms. The van der Waals surface area contributed by atoms with Crippen LogP contribution in [0.5, 0.6) is 5.75 Å². The first-order valence-corrected chi connectivity index (χ1v) is 9.73. The van der Waals surface area contributed by atoms with Gasteiger partial charge in [0, 0.05) is 10.9 Å². The molecule has 0 saturated heterocycles. The first kappa shape index (κ1) is 20.3. The van der Waals surface area contributed by atoms with E-state index >= 15 is 4.39 Å². The summed E-state index contributed by atoms with van der Waals surface area (Å²) in [5.74, 6) is -0.873. The number of hydrogen-bond donors (Lipinski definition) is 1. The van der Waals surface area contributed by atoms with Crippen molar-refractivity contribution in [2.24, 2.45) is 0 Å². The molecule has 0 saturated carbocycles. The number of fused-ring (bicyclic) bond motifs is 1. The summed E-state index contributed by atoms with van der Waals surface area (Å²) in [7, 11) is 0. The van der Waals surface area contributed by atoms with Gasteiger partial charge in [0.1, 0.15) is 17.4 Å². The maximum Gasteiger partial charge on any atom is 0.131 e. The summed E-state index contributed by atoms with van der Waals surface area (Å²) >= 11 is 0. The lowest BCUT2D eigenvalue weighted by Gasteiger charge is -2.14. The minimum Gasteiger partial charge on any atom is -0.507 e. The Morgan fingerprint density at radius 1 is 0.677 bits per heavy atom. The number of rotatable bonds is 5. The summed E-state index contributed by atoms with van der Waals surface area (Å²) in [6.07, 6.45) is 4.85. The third kappa shape index (κ3) is 3.66. The van der Waals surface area contributed by atoms with Crippen LogP contribution in [0.3, 0.4) is 0 Å². The molecule has 0 aliphatic rings. The van der Waals surface area contributed by atoms with Gasteiger partial charge < -0.3 is 5.11 Å². The molecule has 0 bridgehead atoms. The topological polar surface area (TPSA) is 20.2 Å². The predicted octanol–water partition coefficient (Wildman–Crippen LogP) is 8.09. The lowest BCUT2D eigenvalue weighted by atomic mass is 9.91. The Kier molecular flexibility index (Phi) is 5.26. The van der Waals surface area contributed by atoms with Crippen LogP contribution in [0.1, 0.15) is 16.7 Å². The molecule has 1 N–H and O–H groups in total. The van der Waals surface area contributed by atoms with E-state index in [1.54, 1.807) is 30.4 Å². The second kappa shape index (κ2) is 8.04. The van der Waals surface area contributed by atoms with Gasteiger partial charge >= 0.3 is 0 Å². The van der Waals surface area contributed by atoms with Crippen LogP contribution in [0.2, 0.25) is 0 Å². The highest BCUT2D eigenvalue weighted by Gasteiger charge is 2.15. The van der Waals surface area contributed by atoms with Gasteiger partial charge in [-0.15, -0.1) is 0 Å². The third-order valence-corrected chi connectivity index (χ3v) is 5.36. The zero-order chi connectivity index (χ0) is 22.1. The van der Waals surface area contributed by atoms with Crippen LogP contribution in [-0.4, -0.2) is 5.11 Å². The predicted molar refractivity (Wildman–Crippen MR) is 127 cm³/mol. The van der Waals surface area contributed by atoms with Gasteiger partial charge in [-0.3, -0.25) is 0 Å². The molecule has 0 atom stereocenters. The molecule has 0 aliphatic heterocycles. The van der Waals surface area contributed by atoms with Crippen LogP contribution >= 0.6 is 0 Å². The van der Waals surface area contributed by atoms with Crippen molar-refractivity contribution >= 4 is 29.0 Å². The average Bonchev–Trinajstić information content (AvgIpc) is 2.77. The summed E-state index contributed by atoms with van der Waals surface area (Å²) < 4.78 is 29.2. The van der Waals surface area contributed by atoms with Gasteiger partial charge in [-0.1, -0.05) is 56.2 Å². The smallest absolute Gasteiger partial charge is 0.131 e. The van der Waals surface area contributed by atoms with Gasteiger partial charge in [0.2, 0.25) is 0 Å². The number of aromatic hydroxyl groups is 1. The zero-order valence-electron chi connectivity index (χ0n) is 16.8. The first-order chi connectivity index (χ1) is 14.9. The van der Waals surface area contributed by atoms with Crippen molar-refractivity contribution < 1.29 is 13.9 Å². The second-order valence-electron chi connectivity index (χ2n) is 7.24. The zero-order valence-corrected chi connectivity index (χ0v) is 16.8. The van der Waals surface area contributed by atoms with E-state index in [0.717, 1.165) is 10.9 Å². The van der Waals surface area contributed by atoms with Crippen molar-refractivity contribution in [3.05, 3.63) is 109 Å². The van der Waals surface area contributed by atoms with Gasteiger partial charge in [-0.2, -0.15) is 0 Å². The molecular weight excluding hydrogens is 390 g/mol. The lowest BCUT2D eigenvalue weighted by Crippen LogP contribution is -1.93. The maximum atomic E-state index is 15.2. The van der Waals surface area contributed by atoms with Gasteiger partial charge in [0.25, 0.3) is 0 Å². The van der Waals surface area contributed by atoms with E-state index in [4.69, 9.17) is 0 Å². The van der Waals surface area contributed by atoms with Gasteiger partial charge in [-0.05, 0) is 81.2 Å². The van der Waals surface area contributed by atoms with Crippen molar-refractivity contribution in [2.75, 3.05) is 0 Å². The highest BCUT2D eigenvalue weighted by Crippen LogP contribution is 2.38. The molecule has 0 unspecified atom stereocenters. The number of benzene rings is 4. The minimum atomic E-state index is -0.502. The Balaban J connectivity index is 1.94. The lowest BCUT2D eigenvalue weighted by molar-refractivity contribution is 0.482. The minimum absolute atomic E-state index is 0.0939. The van der Waals surface area contributed by atoms with E-state index in [1.165, 1.54) is 24.3 Å². The summed E-state index contributed by atoms with van der Waals surface area (Å²) in [4.78, 5) is 0. The Morgan fingerprint density at radius 2 is 1.42 bits per heavy atom. The Morgan fingerprint density at radius 3 is 2.13 bits per heavy atom. The molecule has 4 aromatic carbocycles. The standard InChI is InChI=1S/C28H20F2O/c1-4-17-10-20(12-22(29)11-17)26-13-19(6-3)24(16-27(26)30)21-14-25-18(5-2)8-7-9-23(25)28(31)15-21/h4-16,31H,1-3H2. The molecule has 152 valence electrons. The number of phenols is 1. The molecule has 31 heavy (non-hydrogen) atoms. The van der Waals surface area contributed by atoms with Crippen LogP contribution in [0.25, 0.3) is 51.3 Å². The SMILES string of the molecule is C=Cc1cc(F)cc(-c2cc(C=C)c(-c3cc(O)c4cccc(C=C)c4c3)cc2F)c1. The first-order valence-electron chi connectivity index (χ1n) is 9.73. The van der Waals surface area contributed by atoms with E-state index in [0.29, 0.717) is 33.2 Å². The van der Waals surface area contributed by atoms with Crippen molar-refractivity contribution in [1.82, 2.24) is 0 Å². The Hall–Kier alpha value is -3.98. The highest BCUT2D eigenvalue weighted by molar-refractivity contribution is 5.98. The number of hydrogen-bond acceptors (Lipinski definition) is 1. The van der Waals surface area contributed by atoms with Crippen molar-refractivity contribution in [3.8, 4) is 28.0 Å². The Bertz CT molecular complexity index is 1370. The molecule has 0 radical (unpaired) electrons. The molecule has 0 heterocycles. The van der Waals surface area contributed by atoms with Gasteiger partial charge in [0.15, 0.2) is 0 Å². The normalized spacial score (nSPS) is 10.8. The van der Waals surface area contributed by atoms with E-state index < -0.39 is 11.6 Å². The summed E-state index contributed by atoms with van der Waals surface area (Å²) in [6, 6.07) is 16.4. The maximum absolute atomic E-state index is 15.2. The molecule has 1 nitrogen and oxygen atoms in total. The van der Waals surface area contributed by atoms with Crippen LogP contribution in [0.4, 0.5) is 8.78 Å². The van der Waals surface area contributed by atoms with Crippen LogP contribution < -0.4 is 0 Å². The largest absolute Gasteiger partial charge is 0.507 e. The van der Waals surface area contributed by atoms with Crippen LogP contribution in [0, 0.1) is 11.6 Å². The van der Waals surface area contributed by atoms with Crippen LogP contribution in [-0.2, 0) is 0 Å². The molecule has 4 aromatic rings. The average molecular weight is 410 g/mol. The van der Waals surface area contributed by atoms with Crippen molar-refractivity contribution in [1.29, 1.82) is 0 Å². The van der Waals surface area contributed by atoms with Crippen LogP contribution in [0.15, 0.2) is 80.4 Å². The molecule has 0 aromatic heterocycles. The van der Waals surface area contributed by atoms with E-state index in [9.17, 15) is 9.50 Å². The quantitative estimate of drug-likeness (QED) is 0.352. The molecular formula is C28H20F2O. The third-order valence-electron chi connectivity index (χ3n) is 5.36. The number of phenolic OH excluding ortho intramolecular Hbond substituents is 1. The highest BCUT2D eigenvalue weighted by atomic mass is 19.1. The fourth-order valence-electron chi connectivity index (χ4n) is 3.84.